The number of hydrogen-bond acceptors (Lipinski definition) is 6. The predicted molar refractivity (Wildman–Crippen MR) is 129 cm³/mol. The Morgan fingerprint density at radius 1 is 1.00 bits per heavy atom. The van der Waals surface area contributed by atoms with Crippen LogP contribution in [0.15, 0.2) is 72.8 Å². The summed E-state index contributed by atoms with van der Waals surface area (Å²) in [6.07, 6.45) is 1.77. The van der Waals surface area contributed by atoms with E-state index in [0.717, 1.165) is 21.8 Å². The number of imide groups is 1. The Morgan fingerprint density at radius 2 is 1.72 bits per heavy atom. The van der Waals surface area contributed by atoms with Gasteiger partial charge in [0.15, 0.2) is 5.01 Å². The molecule has 0 atom stereocenters. The monoisotopic (exact) mass is 461 g/mol. The summed E-state index contributed by atoms with van der Waals surface area (Å²) in [5.74, 6) is 0.0759. The number of carbonyl (C=O) groups excluding carboxylic acids is 2. The van der Waals surface area contributed by atoms with Gasteiger partial charge in [-0.15, -0.1) is 11.3 Å². The van der Waals surface area contributed by atoms with Crippen molar-refractivity contribution in [3.8, 4) is 5.75 Å². The number of rotatable bonds is 4. The highest BCUT2D eigenvalue weighted by molar-refractivity contribution is 7.79. The standard InChI is InChI=1S/C24H19N3O3S2/c28-23(22-26-20-10-3-4-11-21(20)32-22)27(31)24(29)25-17-8-5-9-18(14-17)30-19-12-15-6-1-2-7-16(15)13-19/h1-11,14,19,31H,12-13H2,(H,25,29). The van der Waals surface area contributed by atoms with Crippen LogP contribution >= 0.6 is 24.2 Å². The zero-order valence-corrected chi connectivity index (χ0v) is 18.6. The number of nitrogens with one attached hydrogen (secondary N) is 1. The van der Waals surface area contributed by atoms with Crippen molar-refractivity contribution < 1.29 is 14.3 Å². The van der Waals surface area contributed by atoms with Gasteiger partial charge in [-0.3, -0.25) is 4.79 Å². The highest BCUT2D eigenvalue weighted by atomic mass is 32.1. The molecule has 0 saturated carbocycles. The lowest BCUT2D eigenvalue weighted by Crippen LogP contribution is -2.32. The number of nitrogens with zero attached hydrogens (tertiary/aromatic N) is 2. The Kier molecular flexibility index (Phi) is 5.55. The number of urea groups is 1. The second-order valence-corrected chi connectivity index (χ2v) is 8.91. The minimum atomic E-state index is -0.664. The van der Waals surface area contributed by atoms with Crippen LogP contribution in [0.4, 0.5) is 10.5 Å². The molecule has 8 heteroatoms. The molecule has 3 aromatic carbocycles. The van der Waals surface area contributed by atoms with Crippen molar-refractivity contribution in [3.63, 3.8) is 0 Å². The zero-order chi connectivity index (χ0) is 22.1. The van der Waals surface area contributed by atoms with Crippen molar-refractivity contribution in [1.29, 1.82) is 0 Å². The first-order valence-electron chi connectivity index (χ1n) is 10.1. The molecular formula is C24H19N3O3S2. The first-order valence-corrected chi connectivity index (χ1v) is 11.3. The second-order valence-electron chi connectivity index (χ2n) is 7.48. The number of thiol groups is 1. The molecule has 0 aliphatic heterocycles. The van der Waals surface area contributed by atoms with Crippen LogP contribution in [-0.4, -0.2) is 27.3 Å². The molecule has 1 aromatic heterocycles. The maximum Gasteiger partial charge on any atom is 0.339 e. The third-order valence-corrected chi connectivity index (χ3v) is 6.65. The molecule has 0 fully saturated rings. The summed E-state index contributed by atoms with van der Waals surface area (Å²) >= 11 is 5.32. The van der Waals surface area contributed by atoms with Crippen LogP contribution in [0, 0.1) is 0 Å². The fraction of sp³-hybridized carbons (Fsp3) is 0.125. The first kappa shape index (κ1) is 20.5. The van der Waals surface area contributed by atoms with Crippen LogP contribution in [-0.2, 0) is 12.8 Å². The summed E-state index contributed by atoms with van der Waals surface area (Å²) in [6, 6.07) is 22.2. The van der Waals surface area contributed by atoms with Gasteiger partial charge in [-0.05, 0) is 35.4 Å². The number of aromatic nitrogens is 1. The van der Waals surface area contributed by atoms with Gasteiger partial charge in [-0.25, -0.2) is 14.1 Å². The topological polar surface area (TPSA) is 71.5 Å². The van der Waals surface area contributed by atoms with Crippen LogP contribution in [0.25, 0.3) is 10.2 Å². The van der Waals surface area contributed by atoms with Crippen molar-refractivity contribution >= 4 is 52.0 Å². The number of hydrogen-bond donors (Lipinski definition) is 2. The quantitative estimate of drug-likeness (QED) is 0.401. The number of anilines is 1. The Bertz CT molecular complexity index is 1260. The number of thiazole rings is 1. The van der Waals surface area contributed by atoms with Crippen molar-refractivity contribution in [2.75, 3.05) is 5.32 Å². The van der Waals surface area contributed by atoms with E-state index in [0.29, 0.717) is 17.0 Å². The molecule has 4 aromatic rings. The van der Waals surface area contributed by atoms with Gasteiger partial charge in [0.1, 0.15) is 11.9 Å². The average Bonchev–Trinajstić information content (AvgIpc) is 3.41. The molecular weight excluding hydrogens is 442 g/mol. The van der Waals surface area contributed by atoms with Crippen molar-refractivity contribution in [1.82, 2.24) is 9.29 Å². The number of benzene rings is 3. The van der Waals surface area contributed by atoms with E-state index in [9.17, 15) is 9.59 Å². The third kappa shape index (κ3) is 4.19. The summed E-state index contributed by atoms with van der Waals surface area (Å²) in [5, 5.41) is 2.90. The minimum Gasteiger partial charge on any atom is -0.490 e. The number of ether oxygens (including phenoxy) is 1. The highest BCUT2D eigenvalue weighted by Gasteiger charge is 2.24. The summed E-state index contributed by atoms with van der Waals surface area (Å²) in [6.45, 7) is 0. The van der Waals surface area contributed by atoms with Crippen molar-refractivity contribution in [2.24, 2.45) is 0 Å². The number of para-hydroxylation sites is 1. The highest BCUT2D eigenvalue weighted by Crippen LogP contribution is 2.27. The lowest BCUT2D eigenvalue weighted by atomic mass is 10.1. The normalized spacial score (nSPS) is 13.0. The lowest BCUT2D eigenvalue weighted by Gasteiger charge is -2.16. The molecule has 1 aliphatic carbocycles. The Hall–Kier alpha value is -3.36. The average molecular weight is 462 g/mol. The van der Waals surface area contributed by atoms with Gasteiger partial charge in [0.2, 0.25) is 0 Å². The fourth-order valence-electron chi connectivity index (χ4n) is 3.76. The summed E-state index contributed by atoms with van der Waals surface area (Å²) in [5.41, 5.74) is 3.84. The third-order valence-electron chi connectivity index (χ3n) is 5.26. The van der Waals surface area contributed by atoms with E-state index in [-0.39, 0.29) is 11.1 Å². The van der Waals surface area contributed by atoms with Gasteiger partial charge in [-0.1, -0.05) is 55.3 Å². The maximum atomic E-state index is 12.7. The SMILES string of the molecule is O=C(Nc1cccc(OC2Cc3ccccc3C2)c1)N(S)C(=O)c1nc2ccccc2s1. The lowest BCUT2D eigenvalue weighted by molar-refractivity contribution is 0.0901. The number of amides is 3. The van der Waals surface area contributed by atoms with Crippen LogP contribution in [0.3, 0.4) is 0 Å². The van der Waals surface area contributed by atoms with Gasteiger partial charge in [0.05, 0.1) is 10.2 Å². The van der Waals surface area contributed by atoms with Gasteiger partial charge in [-0.2, -0.15) is 0 Å². The predicted octanol–water partition coefficient (Wildman–Crippen LogP) is 5.36. The Morgan fingerprint density at radius 3 is 2.47 bits per heavy atom. The molecule has 5 rings (SSSR count). The fourth-order valence-corrected chi connectivity index (χ4v) is 4.87. The van der Waals surface area contributed by atoms with Crippen LogP contribution < -0.4 is 10.1 Å². The van der Waals surface area contributed by atoms with Gasteiger partial charge in [0.25, 0.3) is 0 Å². The molecule has 0 spiro atoms. The summed E-state index contributed by atoms with van der Waals surface area (Å²) < 4.78 is 7.74. The summed E-state index contributed by atoms with van der Waals surface area (Å²) in [4.78, 5) is 29.6. The zero-order valence-electron chi connectivity index (χ0n) is 16.9. The van der Waals surface area contributed by atoms with E-state index >= 15 is 0 Å². The van der Waals surface area contributed by atoms with Crippen molar-refractivity contribution in [3.05, 3.63) is 88.9 Å². The van der Waals surface area contributed by atoms with E-state index in [1.54, 1.807) is 18.2 Å². The first-order chi connectivity index (χ1) is 15.6. The molecule has 160 valence electrons. The molecule has 1 N–H and O–H groups in total. The van der Waals surface area contributed by atoms with Crippen LogP contribution in [0.1, 0.15) is 20.9 Å². The number of fused-ring (bicyclic) bond motifs is 2. The molecule has 0 radical (unpaired) electrons. The molecule has 32 heavy (non-hydrogen) atoms. The molecule has 0 bridgehead atoms. The van der Waals surface area contributed by atoms with Gasteiger partial charge in [0, 0.05) is 24.6 Å². The molecule has 0 unspecified atom stereocenters. The summed E-state index contributed by atoms with van der Waals surface area (Å²) in [7, 11) is 0. The van der Waals surface area contributed by atoms with Gasteiger partial charge < -0.3 is 10.1 Å². The maximum absolute atomic E-state index is 12.7. The molecule has 0 saturated heterocycles. The largest absolute Gasteiger partial charge is 0.490 e. The van der Waals surface area contributed by atoms with E-state index in [4.69, 9.17) is 4.74 Å². The van der Waals surface area contributed by atoms with Crippen LogP contribution in [0.5, 0.6) is 5.75 Å². The second kappa shape index (κ2) is 8.64. The van der Waals surface area contributed by atoms with E-state index in [1.807, 2.05) is 42.5 Å². The smallest absolute Gasteiger partial charge is 0.339 e. The Balaban J connectivity index is 1.24. The molecule has 1 heterocycles. The molecule has 3 amide bonds. The van der Waals surface area contributed by atoms with Gasteiger partial charge >= 0.3 is 11.9 Å². The van der Waals surface area contributed by atoms with Crippen molar-refractivity contribution in [2.45, 2.75) is 18.9 Å². The van der Waals surface area contributed by atoms with E-state index < -0.39 is 11.9 Å². The minimum absolute atomic E-state index is 0.0559. The molecule has 1 aliphatic rings. The number of carbonyl (C=O) groups is 2. The van der Waals surface area contributed by atoms with Crippen LogP contribution in [0.2, 0.25) is 0 Å². The Labute approximate surface area is 194 Å². The van der Waals surface area contributed by atoms with E-state index in [1.165, 1.54) is 22.5 Å². The molecule has 6 nitrogen and oxygen atoms in total. The van der Waals surface area contributed by atoms with E-state index in [2.05, 4.69) is 35.2 Å².